The van der Waals surface area contributed by atoms with Crippen molar-refractivity contribution in [2.75, 3.05) is 20.6 Å². The van der Waals surface area contributed by atoms with Crippen molar-refractivity contribution >= 4 is 12.0 Å². The maximum absolute atomic E-state index is 12.0. The van der Waals surface area contributed by atoms with Gasteiger partial charge < -0.3 is 14.9 Å². The zero-order valence-electron chi connectivity index (χ0n) is 11.2. The number of carbonyl (C=O) groups excluding carboxylic acids is 1. The standard InChI is InChI=1S/C13H19N3O3/c1-15(9-3-4-12(17)18)13(19)16(2)10-11-5-7-14-8-6-11/h5-8H,3-4,9-10H2,1-2H3,(H,17,18). The molecule has 1 rings (SSSR count). The van der Waals surface area contributed by atoms with E-state index in [1.165, 1.54) is 4.90 Å². The van der Waals surface area contributed by atoms with Gasteiger partial charge in [-0.25, -0.2) is 4.79 Å². The third-order valence-corrected chi connectivity index (χ3v) is 2.71. The maximum Gasteiger partial charge on any atom is 0.319 e. The molecule has 2 amide bonds. The fraction of sp³-hybridized carbons (Fsp3) is 0.462. The van der Waals surface area contributed by atoms with Crippen LogP contribution in [-0.4, -0.2) is 52.5 Å². The molecule has 104 valence electrons. The van der Waals surface area contributed by atoms with Crippen molar-refractivity contribution in [1.29, 1.82) is 0 Å². The van der Waals surface area contributed by atoms with E-state index in [2.05, 4.69) is 4.98 Å². The molecule has 1 aromatic rings. The molecule has 6 heteroatoms. The second-order valence-corrected chi connectivity index (χ2v) is 4.41. The van der Waals surface area contributed by atoms with Gasteiger partial charge in [-0.05, 0) is 24.1 Å². The molecular formula is C13H19N3O3. The van der Waals surface area contributed by atoms with Crippen molar-refractivity contribution in [2.24, 2.45) is 0 Å². The number of aliphatic carboxylic acids is 1. The van der Waals surface area contributed by atoms with Crippen LogP contribution in [0.1, 0.15) is 18.4 Å². The quantitative estimate of drug-likeness (QED) is 0.844. The Kier molecular flexibility index (Phi) is 5.78. The SMILES string of the molecule is CN(CCCC(=O)O)C(=O)N(C)Cc1ccncc1. The Bertz CT molecular complexity index is 422. The molecule has 1 aromatic heterocycles. The molecular weight excluding hydrogens is 246 g/mol. The lowest BCUT2D eigenvalue weighted by atomic mass is 10.2. The first kappa shape index (κ1) is 14.9. The Hall–Kier alpha value is -2.11. The van der Waals surface area contributed by atoms with Crippen LogP contribution in [0.15, 0.2) is 24.5 Å². The molecule has 1 heterocycles. The highest BCUT2D eigenvalue weighted by Gasteiger charge is 2.14. The predicted molar refractivity (Wildman–Crippen MR) is 70.6 cm³/mol. The van der Waals surface area contributed by atoms with E-state index in [1.54, 1.807) is 31.4 Å². The van der Waals surface area contributed by atoms with Crippen LogP contribution in [-0.2, 0) is 11.3 Å². The molecule has 6 nitrogen and oxygen atoms in total. The lowest BCUT2D eigenvalue weighted by molar-refractivity contribution is -0.137. The minimum Gasteiger partial charge on any atom is -0.481 e. The van der Waals surface area contributed by atoms with Crippen molar-refractivity contribution in [3.8, 4) is 0 Å². The highest BCUT2D eigenvalue weighted by molar-refractivity contribution is 5.74. The van der Waals surface area contributed by atoms with Gasteiger partial charge in [0.2, 0.25) is 0 Å². The van der Waals surface area contributed by atoms with E-state index in [0.717, 1.165) is 5.56 Å². The Balaban J connectivity index is 2.41. The summed E-state index contributed by atoms with van der Waals surface area (Å²) in [4.78, 5) is 29.5. The minimum absolute atomic E-state index is 0.0751. The summed E-state index contributed by atoms with van der Waals surface area (Å²) in [6.07, 6.45) is 3.90. The van der Waals surface area contributed by atoms with Gasteiger partial charge in [-0.3, -0.25) is 9.78 Å². The summed E-state index contributed by atoms with van der Waals surface area (Å²) in [6, 6.07) is 3.59. The van der Waals surface area contributed by atoms with Gasteiger partial charge in [0.15, 0.2) is 0 Å². The Morgan fingerprint density at radius 3 is 2.42 bits per heavy atom. The van der Waals surface area contributed by atoms with Crippen molar-refractivity contribution in [3.05, 3.63) is 30.1 Å². The highest BCUT2D eigenvalue weighted by atomic mass is 16.4. The number of rotatable bonds is 6. The van der Waals surface area contributed by atoms with Gasteiger partial charge in [0, 0.05) is 46.0 Å². The second-order valence-electron chi connectivity index (χ2n) is 4.41. The fourth-order valence-electron chi connectivity index (χ4n) is 1.68. The minimum atomic E-state index is -0.842. The van der Waals surface area contributed by atoms with E-state index in [-0.39, 0.29) is 12.5 Å². The molecule has 0 atom stereocenters. The molecule has 0 aliphatic carbocycles. The number of hydrogen-bond donors (Lipinski definition) is 1. The summed E-state index contributed by atoms with van der Waals surface area (Å²) in [5.74, 6) is -0.842. The van der Waals surface area contributed by atoms with Gasteiger partial charge in [-0.1, -0.05) is 0 Å². The van der Waals surface area contributed by atoms with Gasteiger partial charge in [0.1, 0.15) is 0 Å². The predicted octanol–water partition coefficient (Wildman–Crippen LogP) is 1.43. The molecule has 0 saturated carbocycles. The zero-order valence-corrected chi connectivity index (χ0v) is 11.2. The Morgan fingerprint density at radius 2 is 1.84 bits per heavy atom. The maximum atomic E-state index is 12.0. The van der Waals surface area contributed by atoms with Gasteiger partial charge >= 0.3 is 12.0 Å². The summed E-state index contributed by atoms with van der Waals surface area (Å²) in [6.45, 7) is 0.941. The number of aromatic nitrogens is 1. The van der Waals surface area contributed by atoms with Crippen LogP contribution in [0.4, 0.5) is 4.79 Å². The van der Waals surface area contributed by atoms with Crippen LogP contribution in [0.3, 0.4) is 0 Å². The lowest BCUT2D eigenvalue weighted by Gasteiger charge is -2.24. The van der Waals surface area contributed by atoms with Crippen LogP contribution in [0, 0.1) is 0 Å². The molecule has 0 bridgehead atoms. The van der Waals surface area contributed by atoms with Crippen LogP contribution in [0.2, 0.25) is 0 Å². The smallest absolute Gasteiger partial charge is 0.319 e. The topological polar surface area (TPSA) is 73.7 Å². The van der Waals surface area contributed by atoms with E-state index in [0.29, 0.717) is 19.5 Å². The van der Waals surface area contributed by atoms with Crippen molar-refractivity contribution < 1.29 is 14.7 Å². The summed E-state index contributed by atoms with van der Waals surface area (Å²) < 4.78 is 0. The Labute approximate surface area is 112 Å². The van der Waals surface area contributed by atoms with Crippen LogP contribution in [0.25, 0.3) is 0 Å². The molecule has 0 saturated heterocycles. The molecule has 0 radical (unpaired) electrons. The number of nitrogens with zero attached hydrogens (tertiary/aromatic N) is 3. The normalized spacial score (nSPS) is 10.0. The van der Waals surface area contributed by atoms with Crippen molar-refractivity contribution in [1.82, 2.24) is 14.8 Å². The van der Waals surface area contributed by atoms with Gasteiger partial charge in [0.05, 0.1) is 0 Å². The average Bonchev–Trinajstić information content (AvgIpc) is 2.38. The number of carbonyl (C=O) groups is 2. The average molecular weight is 265 g/mol. The van der Waals surface area contributed by atoms with Crippen LogP contribution < -0.4 is 0 Å². The first-order chi connectivity index (χ1) is 9.00. The van der Waals surface area contributed by atoms with Gasteiger partial charge in [0.25, 0.3) is 0 Å². The van der Waals surface area contributed by atoms with Gasteiger partial charge in [-0.2, -0.15) is 0 Å². The molecule has 0 aromatic carbocycles. The van der Waals surface area contributed by atoms with Gasteiger partial charge in [-0.15, -0.1) is 0 Å². The lowest BCUT2D eigenvalue weighted by Crippen LogP contribution is -2.38. The van der Waals surface area contributed by atoms with Crippen molar-refractivity contribution in [2.45, 2.75) is 19.4 Å². The monoisotopic (exact) mass is 265 g/mol. The zero-order chi connectivity index (χ0) is 14.3. The van der Waals surface area contributed by atoms with E-state index in [9.17, 15) is 9.59 Å². The number of carboxylic acids is 1. The number of carboxylic acid groups (broad SMARTS) is 1. The first-order valence-corrected chi connectivity index (χ1v) is 6.07. The van der Waals surface area contributed by atoms with E-state index < -0.39 is 5.97 Å². The molecule has 0 fully saturated rings. The Morgan fingerprint density at radius 1 is 1.21 bits per heavy atom. The van der Waals surface area contributed by atoms with Crippen LogP contribution in [0.5, 0.6) is 0 Å². The first-order valence-electron chi connectivity index (χ1n) is 6.07. The molecule has 19 heavy (non-hydrogen) atoms. The molecule has 0 spiro atoms. The molecule has 0 aliphatic rings. The largest absolute Gasteiger partial charge is 0.481 e. The molecule has 1 N–H and O–H groups in total. The van der Waals surface area contributed by atoms with E-state index in [4.69, 9.17) is 5.11 Å². The number of hydrogen-bond acceptors (Lipinski definition) is 3. The molecule has 0 unspecified atom stereocenters. The summed E-state index contributed by atoms with van der Waals surface area (Å²) >= 11 is 0. The fourth-order valence-corrected chi connectivity index (χ4v) is 1.68. The third kappa shape index (κ3) is 5.37. The summed E-state index contributed by atoms with van der Waals surface area (Å²) in [5, 5.41) is 8.55. The van der Waals surface area contributed by atoms with E-state index >= 15 is 0 Å². The molecule has 0 aliphatic heterocycles. The second kappa shape index (κ2) is 7.35. The number of urea groups is 1. The van der Waals surface area contributed by atoms with Crippen LogP contribution >= 0.6 is 0 Å². The highest BCUT2D eigenvalue weighted by Crippen LogP contribution is 2.04. The summed E-state index contributed by atoms with van der Waals surface area (Å²) in [5.41, 5.74) is 1.00. The number of amides is 2. The van der Waals surface area contributed by atoms with E-state index in [1.807, 2.05) is 12.1 Å². The third-order valence-electron chi connectivity index (χ3n) is 2.71. The number of pyridine rings is 1. The summed E-state index contributed by atoms with van der Waals surface area (Å²) in [7, 11) is 3.39. The van der Waals surface area contributed by atoms with Crippen molar-refractivity contribution in [3.63, 3.8) is 0 Å².